The largest absolute Gasteiger partial charge is 0.462 e. The Morgan fingerprint density at radius 3 is 1.71 bits per heavy atom. The highest BCUT2D eigenvalue weighted by molar-refractivity contribution is 6.41. The molecule has 134 valence electrons. The fourth-order valence-electron chi connectivity index (χ4n) is 2.25. The number of esters is 1. The number of ketones is 4. The first-order chi connectivity index (χ1) is 11.2. The van der Waals surface area contributed by atoms with Gasteiger partial charge in [-0.1, -0.05) is 33.8 Å². The summed E-state index contributed by atoms with van der Waals surface area (Å²) in [5, 5.41) is 0. The topological polar surface area (TPSA) is 94.6 Å². The number of carbonyl (C=O) groups is 5. The first-order valence-electron chi connectivity index (χ1n) is 8.17. The van der Waals surface area contributed by atoms with Crippen LogP contribution >= 0.6 is 0 Å². The number of carbonyl (C=O) groups excluding carboxylic acids is 5. The van der Waals surface area contributed by atoms with E-state index >= 15 is 0 Å². The Morgan fingerprint density at radius 1 is 0.875 bits per heavy atom. The van der Waals surface area contributed by atoms with Crippen molar-refractivity contribution in [3.63, 3.8) is 0 Å². The minimum Gasteiger partial charge on any atom is -0.462 e. The second kappa shape index (κ2) is 10.6. The molecule has 0 aliphatic heterocycles. The molecular weight excluding hydrogens is 312 g/mol. The van der Waals surface area contributed by atoms with E-state index in [-0.39, 0.29) is 24.8 Å². The lowest BCUT2D eigenvalue weighted by Gasteiger charge is -2.23. The van der Waals surface area contributed by atoms with E-state index in [1.54, 1.807) is 13.8 Å². The molecule has 6 nitrogen and oxygen atoms in total. The lowest BCUT2D eigenvalue weighted by molar-refractivity contribution is -0.150. The van der Waals surface area contributed by atoms with Crippen molar-refractivity contribution in [2.75, 3.05) is 6.61 Å². The van der Waals surface area contributed by atoms with Gasteiger partial charge in [-0.25, -0.2) is 4.79 Å². The molecule has 0 rings (SSSR count). The summed E-state index contributed by atoms with van der Waals surface area (Å²) in [5.74, 6) is -5.50. The third kappa shape index (κ3) is 6.18. The summed E-state index contributed by atoms with van der Waals surface area (Å²) in [6.07, 6.45) is 0.820. The van der Waals surface area contributed by atoms with Crippen molar-refractivity contribution >= 4 is 29.1 Å². The maximum atomic E-state index is 12.4. The second-order valence-electron chi connectivity index (χ2n) is 5.66. The highest BCUT2D eigenvalue weighted by atomic mass is 16.5. The third-order valence-corrected chi connectivity index (χ3v) is 3.69. The lowest BCUT2D eigenvalue weighted by atomic mass is 9.80. The molecule has 6 heteroatoms. The van der Waals surface area contributed by atoms with Gasteiger partial charge in [0.1, 0.15) is 6.61 Å². The number of rotatable bonds is 12. The monoisotopic (exact) mass is 338 g/mol. The fourth-order valence-corrected chi connectivity index (χ4v) is 2.25. The van der Waals surface area contributed by atoms with E-state index in [4.69, 9.17) is 4.74 Å². The van der Waals surface area contributed by atoms with Crippen LogP contribution in [0.1, 0.15) is 53.4 Å². The molecule has 24 heavy (non-hydrogen) atoms. The van der Waals surface area contributed by atoms with Crippen LogP contribution in [-0.2, 0) is 28.7 Å². The van der Waals surface area contributed by atoms with Gasteiger partial charge in [0.25, 0.3) is 0 Å². The number of hydrogen-bond donors (Lipinski definition) is 0. The van der Waals surface area contributed by atoms with Gasteiger partial charge in [-0.2, -0.15) is 0 Å². The Kier molecular flexibility index (Phi) is 9.69. The van der Waals surface area contributed by atoms with E-state index in [1.807, 2.05) is 0 Å². The molecule has 0 N–H and O–H groups in total. The van der Waals surface area contributed by atoms with Gasteiger partial charge in [0, 0.05) is 24.3 Å². The Hall–Kier alpha value is -2.11. The van der Waals surface area contributed by atoms with Crippen molar-refractivity contribution in [2.45, 2.75) is 53.4 Å². The predicted molar refractivity (Wildman–Crippen MR) is 88.3 cm³/mol. The van der Waals surface area contributed by atoms with Crippen LogP contribution in [0.4, 0.5) is 0 Å². The van der Waals surface area contributed by atoms with Gasteiger partial charge in [0.2, 0.25) is 11.6 Å². The highest BCUT2D eigenvalue weighted by Crippen LogP contribution is 2.23. The molecule has 0 aliphatic carbocycles. The zero-order valence-corrected chi connectivity index (χ0v) is 14.8. The van der Waals surface area contributed by atoms with Crippen LogP contribution in [0, 0.1) is 11.8 Å². The van der Waals surface area contributed by atoms with Gasteiger partial charge in [0.05, 0.1) is 5.92 Å². The van der Waals surface area contributed by atoms with Crippen LogP contribution in [-0.4, -0.2) is 35.7 Å². The molecule has 0 aliphatic rings. The highest BCUT2D eigenvalue weighted by Gasteiger charge is 2.38. The summed E-state index contributed by atoms with van der Waals surface area (Å²) in [6.45, 7) is 9.37. The molecule has 0 aromatic rings. The summed E-state index contributed by atoms with van der Waals surface area (Å²) < 4.78 is 5.00. The molecule has 2 atom stereocenters. The molecule has 0 fully saturated rings. The normalized spacial score (nSPS) is 12.8. The summed E-state index contributed by atoms with van der Waals surface area (Å²) in [6, 6.07) is 0. The minimum atomic E-state index is -1.14. The number of Topliss-reactive ketones (excluding diaryl/α,β-unsaturated/α-hetero) is 4. The van der Waals surface area contributed by atoms with E-state index in [0.717, 1.165) is 0 Å². The zero-order valence-electron chi connectivity index (χ0n) is 14.8. The average Bonchev–Trinajstić information content (AvgIpc) is 2.57. The Morgan fingerprint density at radius 2 is 1.33 bits per heavy atom. The lowest BCUT2D eigenvalue weighted by Crippen LogP contribution is -2.40. The maximum Gasteiger partial charge on any atom is 0.333 e. The fraction of sp³-hybridized carbons (Fsp3) is 0.611. The van der Waals surface area contributed by atoms with Crippen molar-refractivity contribution in [1.29, 1.82) is 0 Å². The summed E-state index contributed by atoms with van der Waals surface area (Å²) in [7, 11) is 0. The first-order valence-corrected chi connectivity index (χ1v) is 8.17. The van der Waals surface area contributed by atoms with E-state index in [0.29, 0.717) is 6.42 Å². The maximum absolute atomic E-state index is 12.4. The number of ether oxygens (including phenoxy) is 1. The van der Waals surface area contributed by atoms with Gasteiger partial charge in [-0.3, -0.25) is 19.2 Å². The van der Waals surface area contributed by atoms with Gasteiger partial charge in [0.15, 0.2) is 11.6 Å². The molecule has 0 aromatic carbocycles. The second-order valence-corrected chi connectivity index (χ2v) is 5.66. The molecule has 0 saturated heterocycles. The van der Waals surface area contributed by atoms with E-state index in [9.17, 15) is 24.0 Å². The van der Waals surface area contributed by atoms with Crippen LogP contribution in [0.25, 0.3) is 0 Å². The molecule has 0 bridgehead atoms. The Labute approximate surface area is 142 Å². The van der Waals surface area contributed by atoms with Crippen molar-refractivity contribution in [3.05, 3.63) is 12.2 Å². The number of hydrogen-bond acceptors (Lipinski definition) is 6. The van der Waals surface area contributed by atoms with E-state index in [2.05, 4.69) is 6.58 Å². The van der Waals surface area contributed by atoms with Gasteiger partial charge >= 0.3 is 5.97 Å². The predicted octanol–water partition coefficient (Wildman–Crippen LogP) is 2.23. The summed E-state index contributed by atoms with van der Waals surface area (Å²) >= 11 is 0. The SMILES string of the molecule is C=C(C)C(=O)OCC(C(=O)C(=O)CC)C(CCC)C(=O)C(=O)CC. The van der Waals surface area contributed by atoms with Crippen LogP contribution < -0.4 is 0 Å². The minimum absolute atomic E-state index is 0.0154. The quantitative estimate of drug-likeness (QED) is 0.308. The Balaban J connectivity index is 5.57. The third-order valence-electron chi connectivity index (χ3n) is 3.69. The summed E-state index contributed by atoms with van der Waals surface area (Å²) in [5.41, 5.74) is 0.144. The van der Waals surface area contributed by atoms with Gasteiger partial charge in [-0.05, 0) is 13.3 Å². The van der Waals surface area contributed by atoms with E-state index < -0.39 is 47.5 Å². The standard InChI is InChI=1S/C18H26O6/c1-6-9-12(16(21)14(19)7-2)13(17(22)15(20)8-3)10-24-18(23)11(4)5/h12-13H,4,6-10H2,1-3,5H3. The van der Waals surface area contributed by atoms with Crippen LogP contribution in [0.5, 0.6) is 0 Å². The molecule has 0 amide bonds. The van der Waals surface area contributed by atoms with Crippen molar-refractivity contribution in [2.24, 2.45) is 11.8 Å². The van der Waals surface area contributed by atoms with Crippen molar-refractivity contribution < 1.29 is 28.7 Å². The van der Waals surface area contributed by atoms with Crippen LogP contribution in [0.3, 0.4) is 0 Å². The van der Waals surface area contributed by atoms with E-state index in [1.165, 1.54) is 13.8 Å². The molecule has 0 radical (unpaired) electrons. The first kappa shape index (κ1) is 21.9. The summed E-state index contributed by atoms with van der Waals surface area (Å²) in [4.78, 5) is 59.8. The van der Waals surface area contributed by atoms with Gasteiger partial charge in [-0.15, -0.1) is 0 Å². The van der Waals surface area contributed by atoms with Crippen LogP contribution in [0.15, 0.2) is 12.2 Å². The zero-order chi connectivity index (χ0) is 18.9. The molecular formula is C18H26O6. The molecule has 0 aromatic heterocycles. The van der Waals surface area contributed by atoms with Crippen LogP contribution in [0.2, 0.25) is 0 Å². The smallest absolute Gasteiger partial charge is 0.333 e. The molecule has 0 heterocycles. The van der Waals surface area contributed by atoms with Crippen molar-refractivity contribution in [3.8, 4) is 0 Å². The molecule has 0 spiro atoms. The Bertz CT molecular complexity index is 532. The van der Waals surface area contributed by atoms with Gasteiger partial charge < -0.3 is 4.74 Å². The van der Waals surface area contributed by atoms with Crippen molar-refractivity contribution in [1.82, 2.24) is 0 Å². The molecule has 2 unspecified atom stereocenters. The average molecular weight is 338 g/mol. The molecule has 0 saturated carbocycles.